The molecular weight excluding hydrogens is 454 g/mol. The Balaban J connectivity index is 1.44. The number of nitrogens with zero attached hydrogens (tertiary/aromatic N) is 3. The number of halogens is 1. The summed E-state index contributed by atoms with van der Waals surface area (Å²) in [5, 5.41) is 7.01. The Morgan fingerprint density at radius 1 is 1.03 bits per heavy atom. The lowest BCUT2D eigenvalue weighted by atomic mass is 10.1. The first-order valence-electron chi connectivity index (χ1n) is 9.27. The Morgan fingerprint density at radius 2 is 1.75 bits per heavy atom. The average Bonchev–Trinajstić information content (AvgIpc) is 3.25. The molecule has 0 unspecified atom stereocenters. The second kappa shape index (κ2) is 8.77. The molecule has 0 spiro atoms. The van der Waals surface area contributed by atoms with Crippen LogP contribution in [0.3, 0.4) is 0 Å². The Hall–Kier alpha value is -3.76. The van der Waals surface area contributed by atoms with Crippen molar-refractivity contribution in [3.05, 3.63) is 83.3 Å². The first-order chi connectivity index (χ1) is 15.3. The van der Waals surface area contributed by atoms with E-state index in [1.54, 1.807) is 37.3 Å². The van der Waals surface area contributed by atoms with Crippen LogP contribution < -0.4 is 10.0 Å². The summed E-state index contributed by atoms with van der Waals surface area (Å²) in [6, 6.07) is 15.7. The van der Waals surface area contributed by atoms with Gasteiger partial charge in [0.1, 0.15) is 0 Å². The van der Waals surface area contributed by atoms with Crippen LogP contribution in [-0.4, -0.2) is 29.4 Å². The Bertz CT molecular complexity index is 1370. The lowest BCUT2D eigenvalue weighted by molar-refractivity contribution is 0.101. The fourth-order valence-corrected chi connectivity index (χ4v) is 3.80. The highest BCUT2D eigenvalue weighted by Crippen LogP contribution is 2.23. The van der Waals surface area contributed by atoms with Crippen molar-refractivity contribution < 1.29 is 17.7 Å². The van der Waals surface area contributed by atoms with Gasteiger partial charge in [-0.15, -0.1) is 0 Å². The number of carbonyl (C=O) groups is 1. The van der Waals surface area contributed by atoms with E-state index in [1.165, 1.54) is 36.5 Å². The molecule has 2 heterocycles. The van der Waals surface area contributed by atoms with Gasteiger partial charge in [0.05, 0.1) is 4.90 Å². The van der Waals surface area contributed by atoms with Crippen molar-refractivity contribution in [1.29, 1.82) is 0 Å². The maximum absolute atomic E-state index is 12.5. The molecule has 11 heteroatoms. The molecule has 0 bridgehead atoms. The van der Waals surface area contributed by atoms with Crippen LogP contribution in [0.25, 0.3) is 11.3 Å². The molecule has 2 aromatic heterocycles. The summed E-state index contributed by atoms with van der Waals surface area (Å²) in [6.07, 6.45) is 1.46. The summed E-state index contributed by atoms with van der Waals surface area (Å²) >= 11 is 5.87. The number of anilines is 2. The zero-order valence-electron chi connectivity index (χ0n) is 16.6. The number of nitrogens with one attached hydrogen (secondary N) is 2. The smallest absolute Gasteiger partial charge is 0.277 e. The molecule has 4 rings (SSSR count). The van der Waals surface area contributed by atoms with Gasteiger partial charge in [-0.05, 0) is 61.5 Å². The third-order valence-corrected chi connectivity index (χ3v) is 5.91. The summed E-state index contributed by atoms with van der Waals surface area (Å²) in [6.45, 7) is 1.73. The van der Waals surface area contributed by atoms with E-state index in [-0.39, 0.29) is 16.5 Å². The number of aryl methyl sites for hydroxylation is 1. The van der Waals surface area contributed by atoms with Crippen LogP contribution in [0.5, 0.6) is 0 Å². The number of hydrogen-bond donors (Lipinski definition) is 2. The number of sulfonamides is 1. The van der Waals surface area contributed by atoms with Gasteiger partial charge in [0.25, 0.3) is 15.9 Å². The SMILES string of the molecule is Cc1ccnc(NS(=O)(=O)c2ccc(NC(=O)c3cc(-c4ccc(Cl)cc4)on3)cc2)n1. The van der Waals surface area contributed by atoms with Crippen molar-refractivity contribution in [1.82, 2.24) is 15.1 Å². The minimum absolute atomic E-state index is 0.00735. The van der Waals surface area contributed by atoms with Crippen molar-refractivity contribution in [2.75, 3.05) is 10.0 Å². The molecule has 162 valence electrons. The number of amides is 1. The summed E-state index contributed by atoms with van der Waals surface area (Å²) in [5.41, 5.74) is 1.81. The van der Waals surface area contributed by atoms with Gasteiger partial charge in [-0.1, -0.05) is 16.8 Å². The monoisotopic (exact) mass is 469 g/mol. The molecule has 2 aromatic carbocycles. The molecule has 0 aliphatic carbocycles. The highest BCUT2D eigenvalue weighted by atomic mass is 35.5. The first kappa shape index (κ1) is 21.5. The van der Waals surface area contributed by atoms with E-state index >= 15 is 0 Å². The van der Waals surface area contributed by atoms with Crippen molar-refractivity contribution in [3.63, 3.8) is 0 Å². The minimum Gasteiger partial charge on any atom is -0.355 e. The normalized spacial score (nSPS) is 11.2. The lowest BCUT2D eigenvalue weighted by Crippen LogP contribution is -2.16. The van der Waals surface area contributed by atoms with E-state index in [9.17, 15) is 13.2 Å². The third kappa shape index (κ3) is 4.93. The maximum atomic E-state index is 12.5. The second-order valence-electron chi connectivity index (χ2n) is 6.69. The largest absolute Gasteiger partial charge is 0.355 e. The van der Waals surface area contributed by atoms with Gasteiger partial charge >= 0.3 is 0 Å². The predicted molar refractivity (Wildman–Crippen MR) is 119 cm³/mol. The summed E-state index contributed by atoms with van der Waals surface area (Å²) in [5.74, 6) is -0.113. The zero-order chi connectivity index (χ0) is 22.7. The number of aromatic nitrogens is 3. The van der Waals surface area contributed by atoms with Crippen LogP contribution in [0.15, 0.2) is 76.3 Å². The number of rotatable bonds is 6. The minimum atomic E-state index is -3.88. The van der Waals surface area contributed by atoms with Gasteiger partial charge in [-0.25, -0.2) is 23.1 Å². The molecular formula is C21H16ClN5O4S. The van der Waals surface area contributed by atoms with Crippen LogP contribution in [0.4, 0.5) is 11.6 Å². The van der Waals surface area contributed by atoms with Crippen molar-refractivity contribution in [3.8, 4) is 11.3 Å². The number of carbonyl (C=O) groups excluding carboxylic acids is 1. The van der Waals surface area contributed by atoms with Crippen molar-refractivity contribution in [2.45, 2.75) is 11.8 Å². The fraction of sp³-hybridized carbons (Fsp3) is 0.0476. The highest BCUT2D eigenvalue weighted by Gasteiger charge is 2.17. The molecule has 0 fully saturated rings. The molecule has 1 amide bonds. The van der Waals surface area contributed by atoms with E-state index in [2.05, 4.69) is 25.2 Å². The first-order valence-corrected chi connectivity index (χ1v) is 11.1. The van der Waals surface area contributed by atoms with Gasteiger partial charge in [0.15, 0.2) is 11.5 Å². The molecule has 0 aliphatic heterocycles. The Kier molecular flexibility index (Phi) is 5.89. The van der Waals surface area contributed by atoms with Crippen molar-refractivity contribution >= 4 is 39.2 Å². The molecule has 0 radical (unpaired) electrons. The number of benzene rings is 2. The van der Waals surface area contributed by atoms with Crippen LogP contribution in [-0.2, 0) is 10.0 Å². The Morgan fingerprint density at radius 3 is 2.44 bits per heavy atom. The number of hydrogen-bond acceptors (Lipinski definition) is 7. The fourth-order valence-electron chi connectivity index (χ4n) is 2.72. The second-order valence-corrected chi connectivity index (χ2v) is 8.81. The van der Waals surface area contributed by atoms with Crippen LogP contribution in [0.2, 0.25) is 5.02 Å². The molecule has 4 aromatic rings. The molecule has 0 saturated carbocycles. The molecule has 9 nitrogen and oxygen atoms in total. The summed E-state index contributed by atoms with van der Waals surface area (Å²) in [7, 11) is -3.88. The average molecular weight is 470 g/mol. The van der Waals surface area contributed by atoms with E-state index in [0.29, 0.717) is 22.2 Å². The predicted octanol–water partition coefficient (Wildman–Crippen LogP) is 4.15. The van der Waals surface area contributed by atoms with Crippen molar-refractivity contribution in [2.24, 2.45) is 0 Å². The summed E-state index contributed by atoms with van der Waals surface area (Å²) in [4.78, 5) is 20.4. The molecule has 2 N–H and O–H groups in total. The van der Waals surface area contributed by atoms with Gasteiger partial charge in [0.2, 0.25) is 5.95 Å². The summed E-state index contributed by atoms with van der Waals surface area (Å²) < 4.78 is 32.6. The van der Waals surface area contributed by atoms with Crippen LogP contribution in [0.1, 0.15) is 16.2 Å². The molecule has 0 saturated heterocycles. The van der Waals surface area contributed by atoms with E-state index in [1.807, 2.05) is 0 Å². The van der Waals surface area contributed by atoms with E-state index in [4.69, 9.17) is 16.1 Å². The molecule has 32 heavy (non-hydrogen) atoms. The topological polar surface area (TPSA) is 127 Å². The third-order valence-electron chi connectivity index (χ3n) is 4.31. The quantitative estimate of drug-likeness (QED) is 0.434. The van der Waals surface area contributed by atoms with Gasteiger partial charge < -0.3 is 9.84 Å². The van der Waals surface area contributed by atoms with Crippen LogP contribution in [0, 0.1) is 6.92 Å². The molecule has 0 aliphatic rings. The maximum Gasteiger partial charge on any atom is 0.277 e. The Labute approximate surface area is 188 Å². The van der Waals surface area contributed by atoms with E-state index in [0.717, 1.165) is 5.56 Å². The standard InChI is InChI=1S/C21H16ClN5O4S/c1-13-10-11-23-21(24-13)27-32(29,30)17-8-6-16(7-9-17)25-20(28)18-12-19(31-26-18)14-2-4-15(22)5-3-14/h2-12H,1H3,(H,25,28)(H,23,24,27). The highest BCUT2D eigenvalue weighted by molar-refractivity contribution is 7.92. The lowest BCUT2D eigenvalue weighted by Gasteiger charge is -2.08. The van der Waals surface area contributed by atoms with Gasteiger partial charge in [-0.2, -0.15) is 0 Å². The molecule has 0 atom stereocenters. The van der Waals surface area contributed by atoms with Gasteiger partial charge in [-0.3, -0.25) is 4.79 Å². The zero-order valence-corrected chi connectivity index (χ0v) is 18.2. The van der Waals surface area contributed by atoms with Gasteiger partial charge in [0, 0.05) is 34.2 Å². The van der Waals surface area contributed by atoms with E-state index < -0.39 is 15.9 Å². The van der Waals surface area contributed by atoms with Crippen LogP contribution >= 0.6 is 11.6 Å².